The van der Waals surface area contributed by atoms with Gasteiger partial charge in [0, 0.05) is 18.9 Å². The van der Waals surface area contributed by atoms with Gasteiger partial charge in [0.1, 0.15) is 11.4 Å². The van der Waals surface area contributed by atoms with Crippen LogP contribution in [0, 0.1) is 17.8 Å². The van der Waals surface area contributed by atoms with Crippen molar-refractivity contribution in [3.05, 3.63) is 66.2 Å². The Morgan fingerprint density at radius 3 is 2.25 bits per heavy atom. The highest BCUT2D eigenvalue weighted by atomic mass is 16.6. The Morgan fingerprint density at radius 1 is 1.00 bits per heavy atom. The molecule has 0 unspecified atom stereocenters. The molecule has 0 N–H and O–H groups in total. The van der Waals surface area contributed by atoms with Gasteiger partial charge in [-0.15, -0.1) is 0 Å². The third-order valence-corrected chi connectivity index (χ3v) is 9.14. The highest BCUT2D eigenvalue weighted by molar-refractivity contribution is 5.81. The third kappa shape index (κ3) is 6.45. The first-order valence-electron chi connectivity index (χ1n) is 15.1. The van der Waals surface area contributed by atoms with E-state index in [4.69, 9.17) is 14.2 Å². The molecule has 2 aromatic rings. The van der Waals surface area contributed by atoms with Crippen LogP contribution in [0.25, 0.3) is 11.1 Å². The minimum atomic E-state index is -0.608. The van der Waals surface area contributed by atoms with Crippen LogP contribution in [0.4, 0.5) is 0 Å². The summed E-state index contributed by atoms with van der Waals surface area (Å²) in [5.41, 5.74) is 4.68. The SMILES string of the molecule is C=CC(=O)OC(C)(C)Cc1ccc(-c2ccc(OCCCC(=O)OCC)cc2C23CC4CC(CC(C4)C2)C3)cc1. The molecule has 0 spiro atoms. The van der Waals surface area contributed by atoms with Gasteiger partial charge in [-0.2, -0.15) is 0 Å². The van der Waals surface area contributed by atoms with Crippen LogP contribution in [0.1, 0.15) is 83.3 Å². The van der Waals surface area contributed by atoms with Crippen LogP contribution in [-0.4, -0.2) is 30.8 Å². The molecule has 0 saturated heterocycles. The Morgan fingerprint density at radius 2 is 1.65 bits per heavy atom. The minimum Gasteiger partial charge on any atom is -0.494 e. The zero-order valence-electron chi connectivity index (χ0n) is 24.4. The molecule has 4 saturated carbocycles. The van der Waals surface area contributed by atoms with Crippen molar-refractivity contribution in [2.75, 3.05) is 13.2 Å². The molecule has 6 rings (SSSR count). The third-order valence-electron chi connectivity index (χ3n) is 9.14. The van der Waals surface area contributed by atoms with E-state index < -0.39 is 11.6 Å². The normalized spacial score (nSPS) is 24.9. The summed E-state index contributed by atoms with van der Waals surface area (Å²) in [5, 5.41) is 0. The fourth-order valence-corrected chi connectivity index (χ4v) is 8.03. The maximum atomic E-state index is 11.8. The highest BCUT2D eigenvalue weighted by Crippen LogP contribution is 2.62. The van der Waals surface area contributed by atoms with Crippen molar-refractivity contribution in [1.29, 1.82) is 0 Å². The summed E-state index contributed by atoms with van der Waals surface area (Å²) in [7, 11) is 0. The van der Waals surface area contributed by atoms with Gasteiger partial charge in [0.25, 0.3) is 0 Å². The van der Waals surface area contributed by atoms with Crippen molar-refractivity contribution in [2.45, 2.75) is 89.6 Å². The Balaban J connectivity index is 1.39. The van der Waals surface area contributed by atoms with E-state index in [0.29, 0.717) is 32.5 Å². The molecular weight excluding hydrogens is 500 g/mol. The van der Waals surface area contributed by atoms with Gasteiger partial charge < -0.3 is 14.2 Å². The fraction of sp³-hybridized carbons (Fsp3) is 0.543. The number of benzene rings is 2. The van der Waals surface area contributed by atoms with Gasteiger partial charge in [0.2, 0.25) is 0 Å². The predicted molar refractivity (Wildman–Crippen MR) is 157 cm³/mol. The van der Waals surface area contributed by atoms with Crippen molar-refractivity contribution in [3.63, 3.8) is 0 Å². The lowest BCUT2D eigenvalue weighted by atomic mass is 9.47. The topological polar surface area (TPSA) is 61.8 Å². The van der Waals surface area contributed by atoms with Crippen molar-refractivity contribution < 1.29 is 23.8 Å². The van der Waals surface area contributed by atoms with Gasteiger partial charge in [-0.05, 0) is 123 Å². The Kier molecular flexibility index (Phi) is 8.39. The summed E-state index contributed by atoms with van der Waals surface area (Å²) in [6, 6.07) is 15.3. The number of carbonyl (C=O) groups is 2. The molecule has 214 valence electrons. The molecule has 0 amide bonds. The maximum Gasteiger partial charge on any atom is 0.330 e. The lowest BCUT2D eigenvalue weighted by Gasteiger charge is -2.57. The zero-order chi connectivity index (χ0) is 28.3. The molecule has 4 aliphatic rings. The summed E-state index contributed by atoms with van der Waals surface area (Å²) in [6.07, 6.45) is 10.9. The van der Waals surface area contributed by atoms with Crippen LogP contribution in [0.3, 0.4) is 0 Å². The van der Waals surface area contributed by atoms with Crippen LogP contribution in [0.2, 0.25) is 0 Å². The number of ether oxygens (including phenoxy) is 3. The van der Waals surface area contributed by atoms with Gasteiger partial charge in [-0.3, -0.25) is 4.79 Å². The van der Waals surface area contributed by atoms with Gasteiger partial charge in [0.05, 0.1) is 13.2 Å². The van der Waals surface area contributed by atoms with Gasteiger partial charge in [0.15, 0.2) is 0 Å². The van der Waals surface area contributed by atoms with Crippen molar-refractivity contribution in [2.24, 2.45) is 17.8 Å². The largest absolute Gasteiger partial charge is 0.494 e. The molecule has 0 heterocycles. The molecule has 5 nitrogen and oxygen atoms in total. The average Bonchev–Trinajstić information content (AvgIpc) is 2.90. The van der Waals surface area contributed by atoms with Crippen LogP contribution < -0.4 is 4.74 Å². The summed E-state index contributed by atoms with van der Waals surface area (Å²) >= 11 is 0. The van der Waals surface area contributed by atoms with Gasteiger partial charge in [-0.1, -0.05) is 36.9 Å². The summed E-state index contributed by atoms with van der Waals surface area (Å²) in [4.78, 5) is 23.5. The Bertz CT molecular complexity index is 1190. The molecule has 2 aromatic carbocycles. The smallest absolute Gasteiger partial charge is 0.330 e. The first-order valence-corrected chi connectivity index (χ1v) is 15.1. The summed E-state index contributed by atoms with van der Waals surface area (Å²) < 4.78 is 16.8. The number of hydrogen-bond acceptors (Lipinski definition) is 5. The number of rotatable bonds is 12. The van der Waals surface area contributed by atoms with Crippen LogP contribution in [0.5, 0.6) is 5.75 Å². The Labute approximate surface area is 239 Å². The summed E-state index contributed by atoms with van der Waals surface area (Å²) in [6.45, 7) is 10.1. The second-order valence-electron chi connectivity index (χ2n) is 12.9. The first-order chi connectivity index (χ1) is 19.2. The van der Waals surface area contributed by atoms with E-state index in [0.717, 1.165) is 29.1 Å². The van der Waals surface area contributed by atoms with Crippen molar-refractivity contribution in [3.8, 4) is 16.9 Å². The molecule has 4 bridgehead atoms. The van der Waals surface area contributed by atoms with Crippen molar-refractivity contribution in [1.82, 2.24) is 0 Å². The van der Waals surface area contributed by atoms with E-state index in [-0.39, 0.29) is 11.4 Å². The van der Waals surface area contributed by atoms with Crippen LogP contribution in [-0.2, 0) is 30.9 Å². The van der Waals surface area contributed by atoms with E-state index >= 15 is 0 Å². The van der Waals surface area contributed by atoms with Crippen LogP contribution in [0.15, 0.2) is 55.1 Å². The first kappa shape index (κ1) is 28.4. The molecule has 40 heavy (non-hydrogen) atoms. The second kappa shape index (κ2) is 11.8. The molecule has 4 fully saturated rings. The van der Waals surface area contributed by atoms with E-state index in [1.807, 2.05) is 20.8 Å². The molecule has 5 heteroatoms. The summed E-state index contributed by atoms with van der Waals surface area (Å²) in [5.74, 6) is 2.86. The zero-order valence-corrected chi connectivity index (χ0v) is 24.4. The van der Waals surface area contributed by atoms with E-state index in [9.17, 15) is 9.59 Å². The molecule has 0 aromatic heterocycles. The van der Waals surface area contributed by atoms with E-state index in [1.165, 1.54) is 61.3 Å². The van der Waals surface area contributed by atoms with E-state index in [2.05, 4.69) is 49.0 Å². The number of hydrogen-bond donors (Lipinski definition) is 0. The van der Waals surface area contributed by atoms with Crippen molar-refractivity contribution >= 4 is 11.9 Å². The lowest BCUT2D eigenvalue weighted by molar-refractivity contribution is -0.150. The maximum absolute atomic E-state index is 11.8. The molecule has 0 atom stereocenters. The second-order valence-corrected chi connectivity index (χ2v) is 12.9. The monoisotopic (exact) mass is 544 g/mol. The van der Waals surface area contributed by atoms with E-state index in [1.54, 1.807) is 0 Å². The predicted octanol–water partition coefficient (Wildman–Crippen LogP) is 7.59. The van der Waals surface area contributed by atoms with Gasteiger partial charge >= 0.3 is 11.9 Å². The number of esters is 2. The molecule has 0 radical (unpaired) electrons. The van der Waals surface area contributed by atoms with Gasteiger partial charge in [-0.25, -0.2) is 4.79 Å². The fourth-order valence-electron chi connectivity index (χ4n) is 8.03. The lowest BCUT2D eigenvalue weighted by Crippen LogP contribution is -2.48. The minimum absolute atomic E-state index is 0.165. The molecule has 0 aliphatic heterocycles. The van der Waals surface area contributed by atoms with Crippen LogP contribution >= 0.6 is 0 Å². The highest BCUT2D eigenvalue weighted by Gasteiger charge is 2.52. The average molecular weight is 545 g/mol. The standard InChI is InChI=1S/C35H44O5/c1-5-32(36)40-34(3,4)20-24-9-11-28(12-10-24)30-14-13-29(39-15-7-8-33(37)38-6-2)19-31(30)35-21-25-16-26(22-35)18-27(17-25)23-35/h5,9-14,19,25-27H,1,6-8,15-18,20-23H2,2-4H3. The molecule has 4 aliphatic carbocycles. The Hall–Kier alpha value is -3.08. The molecular formula is C35H44O5. The quantitative estimate of drug-likeness (QED) is 0.156. The number of carbonyl (C=O) groups excluding carboxylic acids is 2.